The number of benzene rings is 1. The van der Waals surface area contributed by atoms with Crippen LogP contribution in [0.1, 0.15) is 15.9 Å². The number of hydrogen-bond donors (Lipinski definition) is 0. The number of hydrogen-bond acceptors (Lipinski definition) is 3. The predicted molar refractivity (Wildman–Crippen MR) is 91.4 cm³/mol. The number of halogens is 1. The predicted octanol–water partition coefficient (Wildman–Crippen LogP) is 3.97. The fourth-order valence-electron chi connectivity index (χ4n) is 2.25. The molecule has 0 fully saturated rings. The zero-order valence-corrected chi connectivity index (χ0v) is 14.3. The summed E-state index contributed by atoms with van der Waals surface area (Å²) in [5, 5.41) is 6.27. The molecule has 0 bridgehead atoms. The van der Waals surface area contributed by atoms with Crippen molar-refractivity contribution in [3.05, 3.63) is 69.1 Å². The molecule has 0 aliphatic rings. The lowest BCUT2D eigenvalue weighted by molar-refractivity contribution is 0.0785. The van der Waals surface area contributed by atoms with Crippen LogP contribution in [-0.4, -0.2) is 27.6 Å². The second-order valence-electron chi connectivity index (χ2n) is 4.89. The van der Waals surface area contributed by atoms with E-state index in [1.54, 1.807) is 27.1 Å². The van der Waals surface area contributed by atoms with Crippen molar-refractivity contribution in [3.8, 4) is 5.69 Å². The quantitative estimate of drug-likeness (QED) is 0.691. The molecule has 0 N–H and O–H groups in total. The highest BCUT2D eigenvalue weighted by Crippen LogP contribution is 2.22. The monoisotopic (exact) mass is 375 g/mol. The van der Waals surface area contributed by atoms with Gasteiger partial charge in [0.2, 0.25) is 0 Å². The molecule has 4 nitrogen and oxygen atoms in total. The largest absolute Gasteiger partial charge is 0.337 e. The van der Waals surface area contributed by atoms with Gasteiger partial charge in [0.1, 0.15) is 0 Å². The van der Waals surface area contributed by atoms with Crippen LogP contribution in [0.2, 0.25) is 0 Å². The molecule has 2 aromatic heterocycles. The Morgan fingerprint density at radius 1 is 1.36 bits per heavy atom. The summed E-state index contributed by atoms with van der Waals surface area (Å²) in [5.41, 5.74) is 2.54. The SMILES string of the molecule is CN(Cc1csc(Br)c1)C(=O)c1ccccc1-n1cccn1. The van der Waals surface area contributed by atoms with Gasteiger partial charge in [-0.2, -0.15) is 5.10 Å². The number of carbonyl (C=O) groups excluding carboxylic acids is 1. The van der Waals surface area contributed by atoms with Gasteiger partial charge in [0.15, 0.2) is 0 Å². The zero-order valence-electron chi connectivity index (χ0n) is 11.9. The molecular formula is C16H14BrN3OS. The average molecular weight is 376 g/mol. The summed E-state index contributed by atoms with van der Waals surface area (Å²) in [5.74, 6) is -0.0200. The van der Waals surface area contributed by atoms with Crippen LogP contribution in [0.4, 0.5) is 0 Å². The standard InChI is InChI=1S/C16H14BrN3OS/c1-19(10-12-9-15(17)22-11-12)16(21)13-5-2-3-6-14(13)20-8-4-7-18-20/h2-9,11H,10H2,1H3. The van der Waals surface area contributed by atoms with Crippen molar-refractivity contribution in [2.45, 2.75) is 6.54 Å². The van der Waals surface area contributed by atoms with E-state index in [0.29, 0.717) is 12.1 Å². The van der Waals surface area contributed by atoms with Crippen LogP contribution in [0.5, 0.6) is 0 Å². The molecule has 3 aromatic rings. The number of aromatic nitrogens is 2. The number of rotatable bonds is 4. The topological polar surface area (TPSA) is 38.1 Å². The van der Waals surface area contributed by atoms with Crippen LogP contribution >= 0.6 is 27.3 Å². The van der Waals surface area contributed by atoms with E-state index in [2.05, 4.69) is 21.0 Å². The molecule has 0 aliphatic carbocycles. The first-order valence-electron chi connectivity index (χ1n) is 6.72. The van der Waals surface area contributed by atoms with Crippen molar-refractivity contribution in [1.82, 2.24) is 14.7 Å². The minimum Gasteiger partial charge on any atom is -0.337 e. The van der Waals surface area contributed by atoms with Crippen molar-refractivity contribution in [2.75, 3.05) is 7.05 Å². The first-order chi connectivity index (χ1) is 10.6. The number of carbonyl (C=O) groups is 1. The van der Waals surface area contributed by atoms with E-state index < -0.39 is 0 Å². The first kappa shape index (κ1) is 15.0. The van der Waals surface area contributed by atoms with E-state index in [9.17, 15) is 4.79 Å². The second kappa shape index (κ2) is 6.46. The van der Waals surface area contributed by atoms with Crippen LogP contribution < -0.4 is 0 Å². The molecule has 0 saturated heterocycles. The number of nitrogens with zero attached hydrogens (tertiary/aromatic N) is 3. The van der Waals surface area contributed by atoms with E-state index in [4.69, 9.17) is 0 Å². The van der Waals surface area contributed by atoms with E-state index in [-0.39, 0.29) is 5.91 Å². The molecule has 0 aliphatic heterocycles. The van der Waals surface area contributed by atoms with Gasteiger partial charge in [-0.25, -0.2) is 4.68 Å². The highest BCUT2D eigenvalue weighted by Gasteiger charge is 2.17. The maximum Gasteiger partial charge on any atom is 0.256 e. The lowest BCUT2D eigenvalue weighted by Gasteiger charge is -2.18. The molecule has 22 heavy (non-hydrogen) atoms. The zero-order chi connectivity index (χ0) is 15.5. The summed E-state index contributed by atoms with van der Waals surface area (Å²) in [6.45, 7) is 0.578. The van der Waals surface area contributed by atoms with Crippen LogP contribution in [0.15, 0.2) is 58.0 Å². The van der Waals surface area contributed by atoms with Crippen LogP contribution in [0, 0.1) is 0 Å². The van der Waals surface area contributed by atoms with Gasteiger partial charge in [-0.3, -0.25) is 4.79 Å². The Bertz CT molecular complexity index is 782. The molecule has 0 unspecified atom stereocenters. The maximum absolute atomic E-state index is 12.7. The molecule has 1 aromatic carbocycles. The van der Waals surface area contributed by atoms with Gasteiger partial charge in [-0.15, -0.1) is 11.3 Å². The molecule has 112 valence electrons. The molecule has 2 heterocycles. The minimum atomic E-state index is -0.0200. The molecule has 0 spiro atoms. The fraction of sp³-hybridized carbons (Fsp3) is 0.125. The first-order valence-corrected chi connectivity index (χ1v) is 8.40. The van der Waals surface area contributed by atoms with E-state index >= 15 is 0 Å². The lowest BCUT2D eigenvalue weighted by Crippen LogP contribution is -2.27. The van der Waals surface area contributed by atoms with Crippen LogP contribution in [0.3, 0.4) is 0 Å². The normalized spacial score (nSPS) is 10.6. The number of thiophene rings is 1. The van der Waals surface area contributed by atoms with E-state index in [1.807, 2.05) is 55.0 Å². The Balaban J connectivity index is 1.86. The van der Waals surface area contributed by atoms with Gasteiger partial charge < -0.3 is 4.90 Å². The van der Waals surface area contributed by atoms with Gasteiger partial charge in [0.05, 0.1) is 15.0 Å². The molecule has 0 saturated carbocycles. The van der Waals surface area contributed by atoms with Crippen molar-refractivity contribution in [2.24, 2.45) is 0 Å². The van der Waals surface area contributed by atoms with Crippen LogP contribution in [-0.2, 0) is 6.54 Å². The molecule has 6 heteroatoms. The van der Waals surface area contributed by atoms with Crippen molar-refractivity contribution in [1.29, 1.82) is 0 Å². The smallest absolute Gasteiger partial charge is 0.256 e. The van der Waals surface area contributed by atoms with Gasteiger partial charge >= 0.3 is 0 Å². The van der Waals surface area contributed by atoms with Crippen molar-refractivity contribution < 1.29 is 4.79 Å². The molecule has 1 amide bonds. The van der Waals surface area contributed by atoms with Gasteiger partial charge in [0.25, 0.3) is 5.91 Å². The third-order valence-corrected chi connectivity index (χ3v) is 4.83. The summed E-state index contributed by atoms with van der Waals surface area (Å²) < 4.78 is 2.78. The third-order valence-electron chi connectivity index (χ3n) is 3.27. The molecule has 3 rings (SSSR count). The molecular weight excluding hydrogens is 362 g/mol. The van der Waals surface area contributed by atoms with E-state index in [1.165, 1.54) is 0 Å². The Morgan fingerprint density at radius 2 is 2.18 bits per heavy atom. The molecule has 0 atom stereocenters. The Labute approximate surface area is 141 Å². The van der Waals surface area contributed by atoms with Crippen molar-refractivity contribution >= 4 is 33.2 Å². The van der Waals surface area contributed by atoms with Gasteiger partial charge in [-0.05, 0) is 51.1 Å². The Kier molecular flexibility index (Phi) is 4.40. The highest BCUT2D eigenvalue weighted by molar-refractivity contribution is 9.11. The third kappa shape index (κ3) is 3.13. The summed E-state index contributed by atoms with van der Waals surface area (Å²) in [7, 11) is 1.81. The highest BCUT2D eigenvalue weighted by atomic mass is 79.9. The maximum atomic E-state index is 12.7. The van der Waals surface area contributed by atoms with E-state index in [0.717, 1.165) is 15.0 Å². The number of amides is 1. The Hall–Kier alpha value is -1.92. The summed E-state index contributed by atoms with van der Waals surface area (Å²) >= 11 is 5.06. The Morgan fingerprint density at radius 3 is 2.86 bits per heavy atom. The average Bonchev–Trinajstić information content (AvgIpc) is 3.18. The second-order valence-corrected chi connectivity index (χ2v) is 7.18. The minimum absolute atomic E-state index is 0.0200. The summed E-state index contributed by atoms with van der Waals surface area (Å²) in [4.78, 5) is 14.5. The van der Waals surface area contributed by atoms with Gasteiger partial charge in [-0.1, -0.05) is 12.1 Å². The van der Waals surface area contributed by atoms with Crippen molar-refractivity contribution in [3.63, 3.8) is 0 Å². The van der Waals surface area contributed by atoms with Gasteiger partial charge in [0, 0.05) is 26.0 Å². The van der Waals surface area contributed by atoms with Crippen LogP contribution in [0.25, 0.3) is 5.69 Å². The fourth-order valence-corrected chi connectivity index (χ4v) is 3.45. The summed E-state index contributed by atoms with van der Waals surface area (Å²) in [6.07, 6.45) is 3.54. The molecule has 0 radical (unpaired) electrons. The summed E-state index contributed by atoms with van der Waals surface area (Å²) in [6, 6.07) is 11.4. The number of para-hydroxylation sites is 1. The lowest BCUT2D eigenvalue weighted by atomic mass is 10.1.